The van der Waals surface area contributed by atoms with Crippen molar-refractivity contribution in [3.05, 3.63) is 29.6 Å². The molecule has 1 unspecified atom stereocenters. The predicted octanol–water partition coefficient (Wildman–Crippen LogP) is 1.10. The van der Waals surface area contributed by atoms with Gasteiger partial charge >= 0.3 is 0 Å². The molecule has 2 heterocycles. The second-order valence-electron chi connectivity index (χ2n) is 4.51. The first-order valence-electron chi connectivity index (χ1n) is 6.23. The average Bonchev–Trinajstić information content (AvgIpc) is 2.39. The van der Waals surface area contributed by atoms with Gasteiger partial charge in [-0.3, -0.25) is 9.78 Å². The Labute approximate surface area is 112 Å². The molecule has 1 amide bonds. The van der Waals surface area contributed by atoms with Gasteiger partial charge in [0.2, 0.25) is 5.91 Å². The van der Waals surface area contributed by atoms with Crippen LogP contribution in [-0.2, 0) is 11.3 Å². The summed E-state index contributed by atoms with van der Waals surface area (Å²) in [5.41, 5.74) is 2.24. The average molecular weight is 265 g/mol. The Bertz CT molecular complexity index is 405. The van der Waals surface area contributed by atoms with E-state index in [0.717, 1.165) is 29.2 Å². The minimum absolute atomic E-state index is 0.117. The molecule has 18 heavy (non-hydrogen) atoms. The van der Waals surface area contributed by atoms with E-state index < -0.39 is 0 Å². The molecule has 0 aromatic carbocycles. The molecule has 0 spiro atoms. The van der Waals surface area contributed by atoms with Crippen molar-refractivity contribution in [2.45, 2.75) is 25.9 Å². The summed E-state index contributed by atoms with van der Waals surface area (Å²) in [5, 5.41) is 6.34. The third kappa shape index (κ3) is 3.99. The highest BCUT2D eigenvalue weighted by Gasteiger charge is 2.16. The van der Waals surface area contributed by atoms with Crippen LogP contribution in [0.2, 0.25) is 0 Å². The summed E-state index contributed by atoms with van der Waals surface area (Å²) in [6.45, 7) is 3.60. The van der Waals surface area contributed by atoms with Crippen molar-refractivity contribution in [2.24, 2.45) is 0 Å². The van der Waals surface area contributed by atoms with E-state index in [-0.39, 0.29) is 5.91 Å². The molecule has 1 saturated heterocycles. The number of amides is 1. The van der Waals surface area contributed by atoms with E-state index >= 15 is 0 Å². The van der Waals surface area contributed by atoms with E-state index in [4.69, 9.17) is 0 Å². The Morgan fingerprint density at radius 1 is 1.67 bits per heavy atom. The highest BCUT2D eigenvalue weighted by molar-refractivity contribution is 7.99. The van der Waals surface area contributed by atoms with Gasteiger partial charge in [0.05, 0.1) is 0 Å². The van der Waals surface area contributed by atoms with Crippen LogP contribution in [0, 0.1) is 6.92 Å². The van der Waals surface area contributed by atoms with Gasteiger partial charge in [-0.25, -0.2) is 0 Å². The smallest absolute Gasteiger partial charge is 0.221 e. The third-order valence-corrected chi connectivity index (χ3v) is 4.17. The molecule has 0 aliphatic carbocycles. The minimum Gasteiger partial charge on any atom is -0.352 e. The molecule has 1 aliphatic rings. The molecule has 2 N–H and O–H groups in total. The summed E-state index contributed by atoms with van der Waals surface area (Å²) in [5.74, 6) is 2.29. The monoisotopic (exact) mass is 265 g/mol. The largest absolute Gasteiger partial charge is 0.352 e. The lowest BCUT2D eigenvalue weighted by Gasteiger charge is -2.22. The number of carbonyl (C=O) groups is 1. The van der Waals surface area contributed by atoms with Crippen molar-refractivity contribution >= 4 is 17.7 Å². The first-order valence-corrected chi connectivity index (χ1v) is 7.38. The van der Waals surface area contributed by atoms with Gasteiger partial charge in [-0.1, -0.05) is 0 Å². The molecule has 1 aliphatic heterocycles. The van der Waals surface area contributed by atoms with Crippen LogP contribution in [0.25, 0.3) is 0 Å². The Morgan fingerprint density at radius 2 is 2.56 bits per heavy atom. The summed E-state index contributed by atoms with van der Waals surface area (Å²) < 4.78 is 0. The van der Waals surface area contributed by atoms with Gasteiger partial charge in [-0.15, -0.1) is 0 Å². The van der Waals surface area contributed by atoms with E-state index in [1.54, 1.807) is 6.20 Å². The fraction of sp³-hybridized carbons (Fsp3) is 0.538. The van der Waals surface area contributed by atoms with E-state index in [1.165, 1.54) is 0 Å². The van der Waals surface area contributed by atoms with Crippen LogP contribution in [0.4, 0.5) is 0 Å². The molecule has 1 fully saturated rings. The van der Waals surface area contributed by atoms with Gasteiger partial charge in [-0.05, 0) is 24.1 Å². The molecule has 4 nitrogen and oxygen atoms in total. The number of aromatic nitrogens is 1. The maximum absolute atomic E-state index is 11.8. The van der Waals surface area contributed by atoms with Gasteiger partial charge in [0, 0.05) is 49.5 Å². The Balaban J connectivity index is 1.76. The van der Waals surface area contributed by atoms with E-state index in [2.05, 4.69) is 15.6 Å². The van der Waals surface area contributed by atoms with Crippen molar-refractivity contribution in [1.82, 2.24) is 15.6 Å². The van der Waals surface area contributed by atoms with E-state index in [1.807, 2.05) is 30.9 Å². The highest BCUT2D eigenvalue weighted by Crippen LogP contribution is 2.10. The van der Waals surface area contributed by atoms with Crippen molar-refractivity contribution in [3.8, 4) is 0 Å². The van der Waals surface area contributed by atoms with Gasteiger partial charge in [-0.2, -0.15) is 11.8 Å². The first-order chi connectivity index (χ1) is 8.75. The standard InChI is InChI=1S/C13H19N3OS/c1-10-7-14-3-2-11(10)8-16-13(17)6-12-9-18-5-4-15-12/h2-3,7,12,15H,4-6,8-9H2,1H3,(H,16,17). The number of thioether (sulfide) groups is 1. The Morgan fingerprint density at radius 3 is 3.28 bits per heavy atom. The van der Waals surface area contributed by atoms with E-state index in [0.29, 0.717) is 19.0 Å². The van der Waals surface area contributed by atoms with Crippen LogP contribution in [0.15, 0.2) is 18.5 Å². The molecule has 1 aromatic heterocycles. The lowest BCUT2D eigenvalue weighted by molar-refractivity contribution is -0.121. The molecular weight excluding hydrogens is 246 g/mol. The van der Waals surface area contributed by atoms with Crippen LogP contribution >= 0.6 is 11.8 Å². The lowest BCUT2D eigenvalue weighted by atomic mass is 10.1. The van der Waals surface area contributed by atoms with Crippen LogP contribution in [0.1, 0.15) is 17.5 Å². The number of hydrogen-bond acceptors (Lipinski definition) is 4. The van der Waals surface area contributed by atoms with E-state index in [9.17, 15) is 4.79 Å². The van der Waals surface area contributed by atoms with Crippen LogP contribution < -0.4 is 10.6 Å². The zero-order valence-corrected chi connectivity index (χ0v) is 11.4. The number of nitrogens with zero attached hydrogens (tertiary/aromatic N) is 1. The molecule has 1 atom stereocenters. The number of hydrogen-bond donors (Lipinski definition) is 2. The highest BCUT2D eigenvalue weighted by atomic mass is 32.2. The van der Waals surface area contributed by atoms with Gasteiger partial charge < -0.3 is 10.6 Å². The SMILES string of the molecule is Cc1cnccc1CNC(=O)CC1CSCCN1. The normalized spacial score (nSPS) is 19.5. The van der Waals surface area contributed by atoms with Crippen LogP contribution in [0.5, 0.6) is 0 Å². The number of rotatable bonds is 4. The summed E-state index contributed by atoms with van der Waals surface area (Å²) in [7, 11) is 0. The van der Waals surface area contributed by atoms with Gasteiger partial charge in [0.25, 0.3) is 0 Å². The van der Waals surface area contributed by atoms with Crippen molar-refractivity contribution in [1.29, 1.82) is 0 Å². The quantitative estimate of drug-likeness (QED) is 0.856. The molecular formula is C13H19N3OS. The van der Waals surface area contributed by atoms with Gasteiger partial charge in [0.1, 0.15) is 0 Å². The third-order valence-electron chi connectivity index (χ3n) is 3.04. The van der Waals surface area contributed by atoms with Gasteiger partial charge in [0.15, 0.2) is 0 Å². The molecule has 2 rings (SSSR count). The number of aryl methyl sites for hydroxylation is 1. The maximum atomic E-state index is 11.8. The summed E-state index contributed by atoms with van der Waals surface area (Å²) in [6, 6.07) is 2.27. The summed E-state index contributed by atoms with van der Waals surface area (Å²) in [6.07, 6.45) is 4.14. The Kier molecular flexibility index (Phi) is 5.01. The lowest BCUT2D eigenvalue weighted by Crippen LogP contribution is -2.41. The zero-order chi connectivity index (χ0) is 12.8. The fourth-order valence-corrected chi connectivity index (χ4v) is 2.89. The van der Waals surface area contributed by atoms with Crippen LogP contribution in [0.3, 0.4) is 0 Å². The van der Waals surface area contributed by atoms with Crippen LogP contribution in [-0.4, -0.2) is 35.0 Å². The summed E-state index contributed by atoms with van der Waals surface area (Å²) in [4.78, 5) is 15.9. The predicted molar refractivity (Wildman–Crippen MR) is 74.6 cm³/mol. The topological polar surface area (TPSA) is 54.0 Å². The van der Waals surface area contributed by atoms with Crippen molar-refractivity contribution in [2.75, 3.05) is 18.1 Å². The zero-order valence-electron chi connectivity index (χ0n) is 10.6. The second kappa shape index (κ2) is 6.75. The van der Waals surface area contributed by atoms with Crippen molar-refractivity contribution < 1.29 is 4.79 Å². The minimum atomic E-state index is 0.117. The molecule has 0 radical (unpaired) electrons. The molecule has 1 aromatic rings. The maximum Gasteiger partial charge on any atom is 0.221 e. The molecule has 98 valence electrons. The fourth-order valence-electron chi connectivity index (χ4n) is 1.94. The molecule has 0 saturated carbocycles. The number of nitrogens with one attached hydrogen (secondary N) is 2. The van der Waals surface area contributed by atoms with Crippen molar-refractivity contribution in [3.63, 3.8) is 0 Å². The second-order valence-corrected chi connectivity index (χ2v) is 5.66. The Hall–Kier alpha value is -1.07. The number of pyridine rings is 1. The number of carbonyl (C=O) groups excluding carboxylic acids is 1. The molecule has 5 heteroatoms. The summed E-state index contributed by atoms with van der Waals surface area (Å²) >= 11 is 1.91. The first kappa shape index (κ1) is 13.4. The molecule has 0 bridgehead atoms.